The van der Waals surface area contributed by atoms with E-state index in [2.05, 4.69) is 56.0 Å². The van der Waals surface area contributed by atoms with Crippen LogP contribution in [0.15, 0.2) is 60.8 Å². The average Bonchev–Trinajstić information content (AvgIpc) is 3.54. The van der Waals surface area contributed by atoms with Gasteiger partial charge in [-0.3, -0.25) is 4.79 Å². The molecule has 2 aliphatic rings. The van der Waals surface area contributed by atoms with Gasteiger partial charge in [-0.1, -0.05) is 48.7 Å². The highest BCUT2D eigenvalue weighted by atomic mass is 35.5. The molecule has 3 heterocycles. The third-order valence-corrected chi connectivity index (χ3v) is 8.89. The zero-order valence-electron chi connectivity index (χ0n) is 23.2. The molecule has 1 aliphatic carbocycles. The maximum Gasteiger partial charge on any atom is 0.251 e. The first-order valence-electron chi connectivity index (χ1n) is 14.1. The van der Waals surface area contributed by atoms with Crippen LogP contribution in [0.25, 0.3) is 33.4 Å². The number of likely N-dealkylation sites (N-methyl/N-ethyl adjacent to an activating group) is 1. The maximum absolute atomic E-state index is 12.9. The number of aryl methyl sites for hydroxylation is 1. The van der Waals surface area contributed by atoms with Gasteiger partial charge < -0.3 is 24.8 Å². The number of anilines is 1. The van der Waals surface area contributed by atoms with Crippen molar-refractivity contribution in [2.75, 3.05) is 44.7 Å². The van der Waals surface area contributed by atoms with Crippen LogP contribution >= 0.6 is 11.6 Å². The number of carbonyl (C=O) groups is 1. The number of nitrogens with zero attached hydrogens (tertiary/aromatic N) is 4. The number of rotatable bonds is 6. The first-order valence-corrected chi connectivity index (χ1v) is 14.5. The van der Waals surface area contributed by atoms with E-state index in [0.717, 1.165) is 85.3 Å². The van der Waals surface area contributed by atoms with Gasteiger partial charge in [0.1, 0.15) is 5.65 Å². The van der Waals surface area contributed by atoms with Crippen molar-refractivity contribution >= 4 is 34.2 Å². The van der Waals surface area contributed by atoms with Gasteiger partial charge in [0.05, 0.1) is 16.3 Å². The number of halogens is 1. The van der Waals surface area contributed by atoms with Crippen LogP contribution in [0.4, 0.5) is 5.69 Å². The Kier molecular flexibility index (Phi) is 7.29. The highest BCUT2D eigenvalue weighted by Crippen LogP contribution is 2.43. The normalized spacial score (nSPS) is 17.4. The summed E-state index contributed by atoms with van der Waals surface area (Å²) in [6, 6.07) is 18.2. The quantitative estimate of drug-likeness (QED) is 0.334. The molecule has 1 aliphatic heterocycles. The maximum atomic E-state index is 12.9. The third-order valence-electron chi connectivity index (χ3n) is 8.58. The van der Waals surface area contributed by atoms with Crippen molar-refractivity contribution in [3.63, 3.8) is 0 Å². The summed E-state index contributed by atoms with van der Waals surface area (Å²) >= 11 is 6.77. The Labute approximate surface area is 240 Å². The minimum absolute atomic E-state index is 0.177. The van der Waals surface area contributed by atoms with Gasteiger partial charge in [0.2, 0.25) is 0 Å². The summed E-state index contributed by atoms with van der Waals surface area (Å²) in [4.78, 5) is 22.3. The summed E-state index contributed by atoms with van der Waals surface area (Å²) in [5.41, 5.74) is 5.89. The summed E-state index contributed by atoms with van der Waals surface area (Å²) in [6.07, 6.45) is 5.22. The molecule has 4 aromatic rings. The Morgan fingerprint density at radius 2 is 1.60 bits per heavy atom. The van der Waals surface area contributed by atoms with Crippen LogP contribution < -0.4 is 10.2 Å². The van der Waals surface area contributed by atoms with Gasteiger partial charge in [-0.25, -0.2) is 4.98 Å². The molecule has 1 saturated carbocycles. The second-order valence-corrected chi connectivity index (χ2v) is 11.7. The van der Waals surface area contributed by atoms with E-state index in [0.29, 0.717) is 10.6 Å². The number of benzene rings is 2. The molecule has 6 rings (SSSR count). The van der Waals surface area contributed by atoms with Crippen LogP contribution in [0.5, 0.6) is 0 Å². The van der Waals surface area contributed by atoms with Gasteiger partial charge in [0.15, 0.2) is 0 Å². The van der Waals surface area contributed by atoms with Crippen LogP contribution in [0.1, 0.15) is 36.0 Å². The average molecular weight is 558 g/mol. The molecule has 2 fully saturated rings. The highest BCUT2D eigenvalue weighted by Gasteiger charge is 2.31. The Hall–Kier alpha value is -3.39. The van der Waals surface area contributed by atoms with E-state index >= 15 is 0 Å². The Morgan fingerprint density at radius 1 is 0.950 bits per heavy atom. The third kappa shape index (κ3) is 5.09. The molecular weight excluding hydrogens is 522 g/mol. The molecule has 2 aromatic heterocycles. The molecule has 0 bridgehead atoms. The van der Waals surface area contributed by atoms with E-state index < -0.39 is 5.60 Å². The number of piperazine rings is 1. The van der Waals surface area contributed by atoms with Gasteiger partial charge in [-0.15, -0.1) is 0 Å². The number of nitrogens with one attached hydrogen (secondary N) is 1. The van der Waals surface area contributed by atoms with E-state index in [1.165, 1.54) is 5.69 Å². The number of aromatic nitrogens is 2. The lowest BCUT2D eigenvalue weighted by Gasteiger charge is -2.34. The van der Waals surface area contributed by atoms with E-state index in [1.54, 1.807) is 6.20 Å². The molecule has 40 heavy (non-hydrogen) atoms. The molecule has 0 atom stereocenters. The number of fused-ring (bicyclic) bond motifs is 1. The summed E-state index contributed by atoms with van der Waals surface area (Å²) in [7, 11) is 4.19. The molecule has 1 amide bonds. The first-order chi connectivity index (χ1) is 19.3. The van der Waals surface area contributed by atoms with Crippen molar-refractivity contribution in [2.45, 2.75) is 31.3 Å². The van der Waals surface area contributed by atoms with Crippen molar-refractivity contribution in [3.8, 4) is 22.4 Å². The van der Waals surface area contributed by atoms with E-state index in [1.807, 2.05) is 37.4 Å². The fourth-order valence-corrected chi connectivity index (χ4v) is 6.40. The molecular formula is C32H36ClN5O2. The Morgan fingerprint density at radius 3 is 2.27 bits per heavy atom. The lowest BCUT2D eigenvalue weighted by atomic mass is 9.97. The SMILES string of the molecule is CN1CCN(c2ccc(-c3c(-c4ccc(C(=O)NCC5(O)CCCC5)cc4)c4c(Cl)ccnc4n3C)cc2)CC1. The van der Waals surface area contributed by atoms with E-state index in [-0.39, 0.29) is 12.5 Å². The predicted octanol–water partition coefficient (Wildman–Crippen LogP) is 5.35. The van der Waals surface area contributed by atoms with E-state index in [9.17, 15) is 9.90 Å². The standard InChI is InChI=1S/C32H36ClN5O2/c1-36-17-19-38(20-18-36)25-11-9-23(10-12-25)29-27(28-26(33)13-16-34-30(28)37(29)2)22-5-7-24(8-6-22)31(39)35-21-32(40)14-3-4-15-32/h5-13,16,40H,3-4,14-15,17-21H2,1-2H3,(H,35,39). The monoisotopic (exact) mass is 557 g/mol. The lowest BCUT2D eigenvalue weighted by molar-refractivity contribution is 0.0449. The fraction of sp³-hybridized carbons (Fsp3) is 0.375. The summed E-state index contributed by atoms with van der Waals surface area (Å²) in [5.74, 6) is -0.177. The molecule has 0 spiro atoms. The van der Waals surface area contributed by atoms with Gasteiger partial charge in [-0.05, 0) is 61.3 Å². The molecule has 0 unspecified atom stereocenters. The molecule has 208 valence electrons. The van der Waals surface area contributed by atoms with Crippen LogP contribution in [0, 0.1) is 0 Å². The number of amides is 1. The molecule has 2 N–H and O–H groups in total. The molecule has 2 aromatic carbocycles. The number of aliphatic hydroxyl groups is 1. The number of carbonyl (C=O) groups excluding carboxylic acids is 1. The van der Waals surface area contributed by atoms with Crippen molar-refractivity contribution < 1.29 is 9.90 Å². The topological polar surface area (TPSA) is 73.6 Å². The van der Waals surface area contributed by atoms with Gasteiger partial charge in [-0.2, -0.15) is 0 Å². The number of hydrogen-bond donors (Lipinski definition) is 2. The molecule has 7 nitrogen and oxygen atoms in total. The van der Waals surface area contributed by atoms with Gasteiger partial charge in [0, 0.05) is 68.2 Å². The lowest BCUT2D eigenvalue weighted by Crippen LogP contribution is -2.44. The second kappa shape index (κ2) is 10.9. The van der Waals surface area contributed by atoms with E-state index in [4.69, 9.17) is 11.6 Å². The van der Waals surface area contributed by atoms with Crippen molar-refractivity contribution in [1.82, 2.24) is 19.8 Å². The minimum atomic E-state index is -0.781. The summed E-state index contributed by atoms with van der Waals surface area (Å²) < 4.78 is 2.10. The number of pyridine rings is 1. The summed E-state index contributed by atoms with van der Waals surface area (Å²) in [5, 5.41) is 15.1. The minimum Gasteiger partial charge on any atom is -0.388 e. The van der Waals surface area contributed by atoms with Gasteiger partial charge >= 0.3 is 0 Å². The predicted molar refractivity (Wildman–Crippen MR) is 162 cm³/mol. The second-order valence-electron chi connectivity index (χ2n) is 11.3. The zero-order chi connectivity index (χ0) is 27.9. The molecule has 8 heteroatoms. The first kappa shape index (κ1) is 26.8. The zero-order valence-corrected chi connectivity index (χ0v) is 23.9. The van der Waals surface area contributed by atoms with Crippen molar-refractivity contribution in [1.29, 1.82) is 0 Å². The fourth-order valence-electron chi connectivity index (χ4n) is 6.16. The van der Waals surface area contributed by atoms with Gasteiger partial charge in [0.25, 0.3) is 5.91 Å². The largest absolute Gasteiger partial charge is 0.388 e. The molecule has 0 radical (unpaired) electrons. The summed E-state index contributed by atoms with van der Waals surface area (Å²) in [6.45, 7) is 4.45. The highest BCUT2D eigenvalue weighted by molar-refractivity contribution is 6.37. The smallest absolute Gasteiger partial charge is 0.251 e. The van der Waals surface area contributed by atoms with Crippen LogP contribution in [-0.4, -0.2) is 70.8 Å². The van der Waals surface area contributed by atoms with Crippen LogP contribution in [0.2, 0.25) is 5.02 Å². The van der Waals surface area contributed by atoms with Crippen LogP contribution in [0.3, 0.4) is 0 Å². The van der Waals surface area contributed by atoms with Crippen LogP contribution in [-0.2, 0) is 7.05 Å². The molecule has 1 saturated heterocycles. The number of hydrogen-bond acceptors (Lipinski definition) is 5. The van der Waals surface area contributed by atoms with Crippen molar-refractivity contribution in [2.24, 2.45) is 7.05 Å². The Bertz CT molecular complexity index is 1520. The van der Waals surface area contributed by atoms with Crippen molar-refractivity contribution in [3.05, 3.63) is 71.4 Å². The Balaban J connectivity index is 1.33.